The summed E-state index contributed by atoms with van der Waals surface area (Å²) in [6.07, 6.45) is 0.412. The number of carbonyl (C=O) groups excluding carboxylic acids is 3. The van der Waals surface area contributed by atoms with E-state index in [0.717, 1.165) is 14.0 Å². The molecule has 0 aliphatic carbocycles. The maximum absolute atomic E-state index is 14.9. The Morgan fingerprint density at radius 3 is 2.56 bits per heavy atom. The summed E-state index contributed by atoms with van der Waals surface area (Å²) in [5, 5.41) is 28.5. The van der Waals surface area contributed by atoms with Crippen molar-refractivity contribution in [3.63, 3.8) is 0 Å². The van der Waals surface area contributed by atoms with Crippen LogP contribution in [0.25, 0.3) is 27.5 Å². The predicted molar refractivity (Wildman–Crippen MR) is 211 cm³/mol. The Hall–Kier alpha value is -6.47. The van der Waals surface area contributed by atoms with Crippen LogP contribution in [0.15, 0.2) is 81.1 Å². The zero-order valence-corrected chi connectivity index (χ0v) is 33.0. The number of anilines is 1. The van der Waals surface area contributed by atoms with Crippen LogP contribution < -0.4 is 27.3 Å². The molecular weight excluding hydrogens is 770 g/mol. The first-order valence-electron chi connectivity index (χ1n) is 18.7. The summed E-state index contributed by atoms with van der Waals surface area (Å²) in [6, 6.07) is 13.4. The minimum atomic E-state index is -3.34. The van der Waals surface area contributed by atoms with Crippen LogP contribution in [0, 0.1) is 0 Å². The monoisotopic (exact) mass is 812 g/mol. The van der Waals surface area contributed by atoms with Crippen molar-refractivity contribution in [2.75, 3.05) is 18.4 Å². The molecule has 17 nitrogen and oxygen atoms in total. The zero-order valence-electron chi connectivity index (χ0n) is 33.0. The van der Waals surface area contributed by atoms with E-state index < -0.39 is 83.6 Å². The molecule has 1 fully saturated rings. The number of amides is 2. The Bertz CT molecular complexity index is 2760. The molecule has 5 heterocycles. The van der Waals surface area contributed by atoms with Gasteiger partial charge in [0.05, 0.1) is 35.8 Å². The topological polar surface area (TPSA) is 219 Å². The number of pyridine rings is 1. The molecule has 0 bridgehead atoms. The maximum atomic E-state index is 14.9. The van der Waals surface area contributed by atoms with Gasteiger partial charge in [-0.25, -0.2) is 27.8 Å². The van der Waals surface area contributed by atoms with Crippen molar-refractivity contribution in [3.8, 4) is 0 Å². The number of hydrogen-bond donors (Lipinski definition) is 4. The molecule has 0 radical (unpaired) electrons. The molecule has 0 saturated carbocycles. The van der Waals surface area contributed by atoms with Crippen molar-refractivity contribution in [3.05, 3.63) is 105 Å². The lowest BCUT2D eigenvalue weighted by Gasteiger charge is -2.34. The van der Waals surface area contributed by atoms with Gasteiger partial charge in [0.2, 0.25) is 5.91 Å². The minimum absolute atomic E-state index is 0.0693. The molecule has 19 heteroatoms. The number of ketones is 1. The minimum Gasteiger partial charge on any atom is -0.422 e. The van der Waals surface area contributed by atoms with E-state index in [1.165, 1.54) is 45.6 Å². The molecule has 0 spiro atoms. The molecule has 1 aliphatic heterocycles. The Labute approximate surface area is 334 Å². The first-order valence-corrected chi connectivity index (χ1v) is 18.7. The fraction of sp³-hybridized carbons (Fsp3) is 0.375. The van der Waals surface area contributed by atoms with Gasteiger partial charge >= 0.3 is 11.3 Å². The number of Topliss-reactive ketones (excluding diaryl/α,β-unsaturated/α-hetero) is 1. The highest BCUT2D eigenvalue weighted by Gasteiger charge is 2.52. The van der Waals surface area contributed by atoms with E-state index in [0.29, 0.717) is 27.5 Å². The van der Waals surface area contributed by atoms with Gasteiger partial charge < -0.3 is 25.1 Å². The Morgan fingerprint density at radius 1 is 1.05 bits per heavy atom. The number of imidazole rings is 1. The summed E-state index contributed by atoms with van der Waals surface area (Å²) in [6.45, 7) is 6.72. The maximum Gasteiger partial charge on any atom is 0.352 e. The predicted octanol–water partition coefficient (Wildman–Crippen LogP) is 3.07. The number of benzene rings is 2. The van der Waals surface area contributed by atoms with E-state index in [-0.39, 0.29) is 22.5 Å². The molecule has 3 unspecified atom stereocenters. The third-order valence-corrected chi connectivity index (χ3v) is 10.9. The number of para-hydroxylation sites is 1. The van der Waals surface area contributed by atoms with E-state index in [9.17, 15) is 37.9 Å². The molecule has 4 N–H and O–H groups in total. The number of hydrogen-bond acceptors (Lipinski definition) is 13. The molecule has 4 aromatic heterocycles. The number of fused-ring (bicyclic) bond motifs is 3. The largest absolute Gasteiger partial charge is 0.422 e. The lowest BCUT2D eigenvalue weighted by atomic mass is 9.83. The summed E-state index contributed by atoms with van der Waals surface area (Å²) in [7, 11) is 1.43. The van der Waals surface area contributed by atoms with Crippen molar-refractivity contribution in [1.29, 1.82) is 0 Å². The van der Waals surface area contributed by atoms with Gasteiger partial charge in [0.25, 0.3) is 11.8 Å². The van der Waals surface area contributed by atoms with Crippen LogP contribution >= 0.6 is 0 Å². The summed E-state index contributed by atoms with van der Waals surface area (Å²) in [5.41, 5.74) is -1.80. The fourth-order valence-corrected chi connectivity index (χ4v) is 7.33. The second-order valence-corrected chi connectivity index (χ2v) is 15.8. The van der Waals surface area contributed by atoms with Crippen molar-refractivity contribution in [1.82, 2.24) is 44.9 Å². The van der Waals surface area contributed by atoms with Crippen LogP contribution in [0.4, 0.5) is 14.5 Å². The van der Waals surface area contributed by atoms with Gasteiger partial charge in [-0.15, -0.1) is 5.10 Å². The highest BCUT2D eigenvalue weighted by atomic mass is 19.3. The smallest absolute Gasteiger partial charge is 0.352 e. The Morgan fingerprint density at radius 2 is 1.80 bits per heavy atom. The summed E-state index contributed by atoms with van der Waals surface area (Å²) >= 11 is 0. The molecule has 7 rings (SSSR count). The third-order valence-electron chi connectivity index (χ3n) is 10.9. The Balaban J connectivity index is 1.04. The molecule has 3 atom stereocenters. The number of likely N-dealkylation sites (tertiary alicyclic amines) is 1. The number of aliphatic hydroxyl groups is 1. The van der Waals surface area contributed by atoms with Crippen molar-refractivity contribution >= 4 is 50.8 Å². The summed E-state index contributed by atoms with van der Waals surface area (Å²) in [5.74, 6) is -6.01. The highest BCUT2D eigenvalue weighted by molar-refractivity contribution is 6.07. The number of carbonyl (C=O) groups is 3. The fourth-order valence-electron chi connectivity index (χ4n) is 7.33. The molecule has 2 aromatic carbocycles. The number of rotatable bonds is 12. The zero-order chi connectivity index (χ0) is 42.6. The normalized spacial score (nSPS) is 16.7. The molecule has 2 amide bonds. The lowest BCUT2D eigenvalue weighted by molar-refractivity contribution is -0.138. The second-order valence-electron chi connectivity index (χ2n) is 15.8. The first-order chi connectivity index (χ1) is 27.8. The van der Waals surface area contributed by atoms with Crippen LogP contribution in [-0.2, 0) is 16.6 Å². The van der Waals surface area contributed by atoms with Crippen LogP contribution in [0.1, 0.15) is 74.8 Å². The summed E-state index contributed by atoms with van der Waals surface area (Å²) < 4.78 is 37.6. The van der Waals surface area contributed by atoms with Gasteiger partial charge in [0.15, 0.2) is 17.7 Å². The van der Waals surface area contributed by atoms with E-state index in [2.05, 4.69) is 36.2 Å². The van der Waals surface area contributed by atoms with Crippen molar-refractivity contribution < 1.29 is 32.7 Å². The number of halogens is 2. The van der Waals surface area contributed by atoms with Gasteiger partial charge in [-0.3, -0.25) is 24.7 Å². The summed E-state index contributed by atoms with van der Waals surface area (Å²) in [4.78, 5) is 75.3. The molecule has 1 saturated heterocycles. The number of nitrogens with one attached hydrogen (secondary N) is 3. The molecule has 59 heavy (non-hydrogen) atoms. The first kappa shape index (κ1) is 40.7. The Kier molecular flexibility index (Phi) is 10.4. The van der Waals surface area contributed by atoms with Crippen LogP contribution in [-0.4, -0.2) is 93.1 Å². The van der Waals surface area contributed by atoms with Crippen LogP contribution in [0.5, 0.6) is 0 Å². The number of nitrogens with zero attached hydrogens (tertiary/aromatic N) is 7. The molecule has 6 aromatic rings. The molecule has 1 aliphatic rings. The number of aromatic nitrogens is 6. The van der Waals surface area contributed by atoms with Gasteiger partial charge in [-0.05, 0) is 58.0 Å². The van der Waals surface area contributed by atoms with E-state index in [1.54, 1.807) is 63.2 Å². The number of aliphatic hydroxyl groups excluding tert-OH is 1. The van der Waals surface area contributed by atoms with Gasteiger partial charge in [-0.2, -0.15) is 4.68 Å². The number of aryl methyl sites for hydroxylation is 1. The van der Waals surface area contributed by atoms with Gasteiger partial charge in [-0.1, -0.05) is 30.3 Å². The third kappa shape index (κ3) is 7.90. The average molecular weight is 813 g/mol. The standard InChI is InChI=1S/C40H42F2N10O7/c1-21(38(2,3)47-35(56)31-33-48-49-50(6)37(58)52(33)20-45-31)26-15-22-11-12-23(16-29(22)59-36(26)57)46-39(4,5)32(54)28-17-40(41,42)19-51(28)30(53)18-44-34(55)25-13-14-43-27-10-8-7-9-24(25)27/h7-16,20-21,28,35,46-47,56H,17-19H2,1-6H3,(H,44,55). The lowest BCUT2D eigenvalue weighted by Crippen LogP contribution is -2.53. The highest BCUT2D eigenvalue weighted by Crippen LogP contribution is 2.36. The average Bonchev–Trinajstić information content (AvgIpc) is 3.77. The second kappa shape index (κ2) is 15.0. The van der Waals surface area contributed by atoms with E-state index >= 15 is 0 Å². The molecule has 308 valence electrons. The van der Waals surface area contributed by atoms with Crippen molar-refractivity contribution in [2.45, 2.75) is 76.2 Å². The van der Waals surface area contributed by atoms with Crippen LogP contribution in [0.2, 0.25) is 0 Å². The van der Waals surface area contributed by atoms with Crippen LogP contribution in [0.3, 0.4) is 0 Å². The van der Waals surface area contributed by atoms with Gasteiger partial charge in [0.1, 0.15) is 17.6 Å². The quantitative estimate of drug-likeness (QED) is 0.103. The van der Waals surface area contributed by atoms with Gasteiger partial charge in [0, 0.05) is 59.2 Å². The number of alkyl halides is 2. The SMILES string of the molecule is CC(c1cc2ccc(NC(C)(C)C(=O)C3CC(F)(F)CN3C(=O)CNC(=O)c3ccnc4ccccc34)cc2oc1=O)C(C)(C)NC(O)c1ncn2c(=O)n(C)nnc12. The van der Waals surface area contributed by atoms with E-state index in [4.69, 9.17) is 4.42 Å². The van der Waals surface area contributed by atoms with Crippen molar-refractivity contribution in [2.24, 2.45) is 7.05 Å². The molecular formula is C40H42F2N10O7. The van der Waals surface area contributed by atoms with E-state index in [1.807, 2.05) is 0 Å².